The van der Waals surface area contributed by atoms with Crippen molar-refractivity contribution < 1.29 is 9.90 Å². The summed E-state index contributed by atoms with van der Waals surface area (Å²) >= 11 is 0. The standard InChI is InChI=1S/C14H21N3O3/c1-2-17-12(18)7-6-11(16-17)13(19)15-10-14(20)8-4-3-5-9-14/h6-7,20H,2-5,8-10H2,1H3,(H,15,19). The summed E-state index contributed by atoms with van der Waals surface area (Å²) < 4.78 is 1.24. The van der Waals surface area contributed by atoms with Crippen LogP contribution in [0.2, 0.25) is 0 Å². The molecule has 110 valence electrons. The number of aliphatic hydroxyl groups is 1. The molecule has 1 aliphatic carbocycles. The summed E-state index contributed by atoms with van der Waals surface area (Å²) in [7, 11) is 0. The molecule has 1 aromatic heterocycles. The number of amides is 1. The minimum atomic E-state index is -0.798. The molecule has 1 heterocycles. The van der Waals surface area contributed by atoms with Gasteiger partial charge in [0.05, 0.1) is 5.60 Å². The van der Waals surface area contributed by atoms with Gasteiger partial charge in [-0.1, -0.05) is 19.3 Å². The van der Waals surface area contributed by atoms with Crippen LogP contribution in [0, 0.1) is 0 Å². The van der Waals surface area contributed by atoms with Crippen LogP contribution in [0.25, 0.3) is 0 Å². The van der Waals surface area contributed by atoms with E-state index in [1.54, 1.807) is 6.92 Å². The first kappa shape index (κ1) is 14.7. The zero-order valence-electron chi connectivity index (χ0n) is 11.8. The second-order valence-corrected chi connectivity index (χ2v) is 5.34. The Morgan fingerprint density at radius 3 is 2.75 bits per heavy atom. The SMILES string of the molecule is CCn1nc(C(=O)NCC2(O)CCCCC2)ccc1=O. The van der Waals surface area contributed by atoms with Gasteiger partial charge in [0.1, 0.15) is 5.69 Å². The van der Waals surface area contributed by atoms with E-state index >= 15 is 0 Å². The number of carbonyl (C=O) groups is 1. The van der Waals surface area contributed by atoms with Crippen molar-refractivity contribution in [2.75, 3.05) is 6.54 Å². The summed E-state index contributed by atoms with van der Waals surface area (Å²) in [6.45, 7) is 2.45. The summed E-state index contributed by atoms with van der Waals surface area (Å²) in [5, 5.41) is 17.0. The number of aryl methyl sites for hydroxylation is 1. The van der Waals surface area contributed by atoms with E-state index in [4.69, 9.17) is 0 Å². The fourth-order valence-electron chi connectivity index (χ4n) is 2.52. The average Bonchev–Trinajstić information content (AvgIpc) is 2.46. The zero-order chi connectivity index (χ0) is 14.6. The molecule has 6 heteroatoms. The van der Waals surface area contributed by atoms with Gasteiger partial charge in [0.15, 0.2) is 0 Å². The smallest absolute Gasteiger partial charge is 0.271 e. The molecule has 0 atom stereocenters. The van der Waals surface area contributed by atoms with Crippen LogP contribution in [0.15, 0.2) is 16.9 Å². The van der Waals surface area contributed by atoms with E-state index in [0.717, 1.165) is 32.1 Å². The minimum absolute atomic E-state index is 0.200. The predicted octanol–water partition coefficient (Wildman–Crippen LogP) is 0.688. The summed E-state index contributed by atoms with van der Waals surface area (Å²) in [5.74, 6) is -0.355. The van der Waals surface area contributed by atoms with Gasteiger partial charge in [-0.25, -0.2) is 4.68 Å². The molecular formula is C14H21N3O3. The molecule has 0 saturated heterocycles. The number of nitrogens with zero attached hydrogens (tertiary/aromatic N) is 2. The molecule has 1 saturated carbocycles. The van der Waals surface area contributed by atoms with Crippen molar-refractivity contribution in [2.24, 2.45) is 0 Å². The first-order valence-corrected chi connectivity index (χ1v) is 7.13. The molecule has 0 aromatic carbocycles. The number of hydrogen-bond acceptors (Lipinski definition) is 4. The number of aromatic nitrogens is 2. The van der Waals surface area contributed by atoms with Crippen molar-refractivity contribution in [1.82, 2.24) is 15.1 Å². The lowest BCUT2D eigenvalue weighted by atomic mass is 9.85. The maximum atomic E-state index is 12.0. The summed E-state index contributed by atoms with van der Waals surface area (Å²) in [5.41, 5.74) is -0.826. The van der Waals surface area contributed by atoms with E-state index in [1.165, 1.54) is 16.8 Å². The maximum Gasteiger partial charge on any atom is 0.271 e. The van der Waals surface area contributed by atoms with E-state index in [2.05, 4.69) is 10.4 Å². The van der Waals surface area contributed by atoms with Gasteiger partial charge in [0.25, 0.3) is 11.5 Å². The highest BCUT2D eigenvalue weighted by molar-refractivity contribution is 5.92. The van der Waals surface area contributed by atoms with Crippen LogP contribution in [-0.4, -0.2) is 32.9 Å². The predicted molar refractivity (Wildman–Crippen MR) is 74.5 cm³/mol. The van der Waals surface area contributed by atoms with Crippen LogP contribution >= 0.6 is 0 Å². The Morgan fingerprint density at radius 1 is 1.40 bits per heavy atom. The van der Waals surface area contributed by atoms with Crippen LogP contribution < -0.4 is 10.9 Å². The van der Waals surface area contributed by atoms with E-state index < -0.39 is 5.60 Å². The van der Waals surface area contributed by atoms with Crippen LogP contribution in [0.3, 0.4) is 0 Å². The minimum Gasteiger partial charge on any atom is -0.388 e. The summed E-state index contributed by atoms with van der Waals surface area (Å²) in [4.78, 5) is 23.4. The lowest BCUT2D eigenvalue weighted by Gasteiger charge is -2.32. The quantitative estimate of drug-likeness (QED) is 0.849. The molecule has 2 N–H and O–H groups in total. The number of rotatable bonds is 4. The van der Waals surface area contributed by atoms with Gasteiger partial charge in [0, 0.05) is 19.2 Å². The lowest BCUT2D eigenvalue weighted by Crippen LogP contribution is -2.44. The highest BCUT2D eigenvalue weighted by Crippen LogP contribution is 2.27. The molecule has 20 heavy (non-hydrogen) atoms. The van der Waals surface area contributed by atoms with Gasteiger partial charge in [-0.15, -0.1) is 0 Å². The molecular weight excluding hydrogens is 258 g/mol. The molecule has 1 aliphatic rings. The highest BCUT2D eigenvalue weighted by atomic mass is 16.3. The third-order valence-electron chi connectivity index (χ3n) is 3.76. The monoisotopic (exact) mass is 279 g/mol. The van der Waals surface area contributed by atoms with Crippen LogP contribution in [0.4, 0.5) is 0 Å². The maximum absolute atomic E-state index is 12.0. The Bertz CT molecular complexity index is 533. The van der Waals surface area contributed by atoms with E-state index in [1.807, 2.05) is 0 Å². The number of nitrogens with one attached hydrogen (secondary N) is 1. The Hall–Kier alpha value is -1.69. The molecule has 0 unspecified atom stereocenters. The fraction of sp³-hybridized carbons (Fsp3) is 0.643. The van der Waals surface area contributed by atoms with Crippen molar-refractivity contribution in [1.29, 1.82) is 0 Å². The normalized spacial score (nSPS) is 17.7. The molecule has 6 nitrogen and oxygen atoms in total. The van der Waals surface area contributed by atoms with Crippen molar-refractivity contribution in [3.8, 4) is 0 Å². The van der Waals surface area contributed by atoms with Crippen LogP contribution in [0.1, 0.15) is 49.5 Å². The van der Waals surface area contributed by atoms with Crippen LogP contribution in [-0.2, 0) is 6.54 Å². The molecule has 0 aliphatic heterocycles. The molecule has 0 bridgehead atoms. The molecule has 1 aromatic rings. The summed E-state index contributed by atoms with van der Waals surface area (Å²) in [6, 6.07) is 2.75. The van der Waals surface area contributed by atoms with E-state index in [9.17, 15) is 14.7 Å². The largest absolute Gasteiger partial charge is 0.388 e. The Balaban J connectivity index is 1.99. The van der Waals surface area contributed by atoms with Gasteiger partial charge in [-0.3, -0.25) is 9.59 Å². The third kappa shape index (κ3) is 3.45. The second-order valence-electron chi connectivity index (χ2n) is 5.34. The van der Waals surface area contributed by atoms with Crippen molar-refractivity contribution >= 4 is 5.91 Å². The Kier molecular flexibility index (Phi) is 4.54. The van der Waals surface area contributed by atoms with Crippen molar-refractivity contribution in [3.63, 3.8) is 0 Å². The van der Waals surface area contributed by atoms with Gasteiger partial charge >= 0.3 is 0 Å². The Morgan fingerprint density at radius 2 is 2.10 bits per heavy atom. The second kappa shape index (κ2) is 6.17. The van der Waals surface area contributed by atoms with Gasteiger partial charge in [-0.2, -0.15) is 5.10 Å². The van der Waals surface area contributed by atoms with E-state index in [-0.39, 0.29) is 23.7 Å². The topological polar surface area (TPSA) is 84.2 Å². The zero-order valence-corrected chi connectivity index (χ0v) is 11.8. The number of hydrogen-bond donors (Lipinski definition) is 2. The van der Waals surface area contributed by atoms with Crippen LogP contribution in [0.5, 0.6) is 0 Å². The lowest BCUT2D eigenvalue weighted by molar-refractivity contribution is 0.00519. The number of carbonyl (C=O) groups excluding carboxylic acids is 1. The van der Waals surface area contributed by atoms with Crippen molar-refractivity contribution in [2.45, 2.75) is 51.2 Å². The first-order valence-electron chi connectivity index (χ1n) is 7.13. The van der Waals surface area contributed by atoms with Gasteiger partial charge in [0.2, 0.25) is 0 Å². The Labute approximate surface area is 117 Å². The molecule has 1 amide bonds. The average molecular weight is 279 g/mol. The van der Waals surface area contributed by atoms with Crippen molar-refractivity contribution in [3.05, 3.63) is 28.2 Å². The van der Waals surface area contributed by atoms with Gasteiger partial charge in [-0.05, 0) is 25.8 Å². The molecule has 1 fully saturated rings. The third-order valence-corrected chi connectivity index (χ3v) is 3.76. The first-order chi connectivity index (χ1) is 9.54. The highest BCUT2D eigenvalue weighted by Gasteiger charge is 2.29. The van der Waals surface area contributed by atoms with E-state index in [0.29, 0.717) is 6.54 Å². The van der Waals surface area contributed by atoms with Gasteiger partial charge < -0.3 is 10.4 Å². The fourth-order valence-corrected chi connectivity index (χ4v) is 2.52. The molecule has 0 spiro atoms. The summed E-state index contributed by atoms with van der Waals surface area (Å²) in [6.07, 6.45) is 4.56. The molecule has 2 rings (SSSR count). The molecule has 0 radical (unpaired) electrons.